The van der Waals surface area contributed by atoms with E-state index in [1.165, 1.54) is 82.2 Å². The van der Waals surface area contributed by atoms with Gasteiger partial charge >= 0.3 is 0 Å². The second-order valence-corrected chi connectivity index (χ2v) is 8.55. The van der Waals surface area contributed by atoms with E-state index in [0.29, 0.717) is 5.92 Å². The van der Waals surface area contributed by atoms with Crippen LogP contribution in [0.15, 0.2) is 35.5 Å². The third kappa shape index (κ3) is 4.49. The Morgan fingerprint density at radius 3 is 2.35 bits per heavy atom. The first-order valence-electron chi connectivity index (χ1n) is 10.9. The van der Waals surface area contributed by atoms with Crippen molar-refractivity contribution in [2.24, 2.45) is 22.9 Å². The molecular formula is C23H34N2O. The van der Waals surface area contributed by atoms with Gasteiger partial charge in [0.2, 0.25) is 0 Å². The van der Waals surface area contributed by atoms with Crippen LogP contribution in [0.3, 0.4) is 0 Å². The number of hydrogen-bond donors (Lipinski definition) is 1. The van der Waals surface area contributed by atoms with Gasteiger partial charge in [-0.3, -0.25) is 0 Å². The van der Waals surface area contributed by atoms with Gasteiger partial charge in [-0.15, -0.1) is 0 Å². The van der Waals surface area contributed by atoms with Gasteiger partial charge in [0.05, 0.1) is 5.71 Å². The lowest BCUT2D eigenvalue weighted by molar-refractivity contribution is 0.0856. The molecule has 3 atom stereocenters. The fourth-order valence-corrected chi connectivity index (χ4v) is 5.32. The molecular weight excluding hydrogens is 320 g/mol. The smallest absolute Gasteiger partial charge is 0.157 e. The van der Waals surface area contributed by atoms with Crippen molar-refractivity contribution in [1.29, 1.82) is 0 Å². The van der Waals surface area contributed by atoms with E-state index in [-0.39, 0.29) is 6.10 Å². The van der Waals surface area contributed by atoms with Crippen molar-refractivity contribution in [3.05, 3.63) is 35.9 Å². The number of oxime groups is 1. The molecule has 0 amide bonds. The Balaban J connectivity index is 1.31. The van der Waals surface area contributed by atoms with E-state index in [2.05, 4.69) is 40.8 Å². The molecule has 0 aromatic heterocycles. The quantitative estimate of drug-likeness (QED) is 0.780. The van der Waals surface area contributed by atoms with Crippen LogP contribution in [0.5, 0.6) is 0 Å². The van der Waals surface area contributed by atoms with Crippen molar-refractivity contribution in [2.45, 2.75) is 70.3 Å². The van der Waals surface area contributed by atoms with Crippen LogP contribution < -0.4 is 5.32 Å². The first-order chi connectivity index (χ1) is 12.9. The van der Waals surface area contributed by atoms with Crippen LogP contribution in [0.25, 0.3) is 0 Å². The van der Waals surface area contributed by atoms with Crippen molar-refractivity contribution in [3.8, 4) is 0 Å². The van der Waals surface area contributed by atoms with E-state index in [9.17, 15) is 0 Å². The molecule has 3 heteroatoms. The highest BCUT2D eigenvalue weighted by Gasteiger charge is 2.30. The third-order valence-electron chi connectivity index (χ3n) is 6.89. The maximum absolute atomic E-state index is 5.81. The molecule has 2 heterocycles. The largest absolute Gasteiger partial charge is 0.387 e. The molecule has 142 valence electrons. The maximum atomic E-state index is 5.81. The van der Waals surface area contributed by atoms with Gasteiger partial charge in [-0.1, -0.05) is 67.6 Å². The summed E-state index contributed by atoms with van der Waals surface area (Å²) in [6.07, 6.45) is 13.6. The van der Waals surface area contributed by atoms with Gasteiger partial charge in [0.25, 0.3) is 0 Å². The summed E-state index contributed by atoms with van der Waals surface area (Å²) in [5.41, 5.74) is 2.60. The topological polar surface area (TPSA) is 33.6 Å². The molecule has 1 aromatic rings. The van der Waals surface area contributed by atoms with Crippen molar-refractivity contribution in [1.82, 2.24) is 5.32 Å². The molecule has 1 aliphatic carbocycles. The molecule has 1 saturated carbocycles. The van der Waals surface area contributed by atoms with Crippen LogP contribution >= 0.6 is 0 Å². The average Bonchev–Trinajstić information content (AvgIpc) is 3.22. The molecule has 1 saturated heterocycles. The highest BCUT2D eigenvalue weighted by Crippen LogP contribution is 2.37. The zero-order chi connectivity index (χ0) is 17.6. The Hall–Kier alpha value is -1.35. The Bertz CT molecular complexity index is 579. The monoisotopic (exact) mass is 354 g/mol. The standard InChI is InChI=1S/C23H34N2O/c1-2-9-21(10-3-1)23-17-22(25-26-23)20-8-5-4-7-18(11-6-12-20)19-13-15-24-16-14-19/h1-3,9-10,18-20,23-24H,4-8,11-17H2. The van der Waals surface area contributed by atoms with E-state index in [1.807, 2.05) is 0 Å². The van der Waals surface area contributed by atoms with Gasteiger partial charge in [0.1, 0.15) is 0 Å². The summed E-state index contributed by atoms with van der Waals surface area (Å²) in [5, 5.41) is 8.06. The van der Waals surface area contributed by atoms with Crippen LogP contribution in [0, 0.1) is 17.8 Å². The lowest BCUT2D eigenvalue weighted by Crippen LogP contribution is -2.31. The van der Waals surface area contributed by atoms with Gasteiger partial charge in [0, 0.05) is 12.3 Å². The number of piperidine rings is 1. The number of nitrogens with one attached hydrogen (secondary N) is 1. The van der Waals surface area contributed by atoms with Crippen molar-refractivity contribution in [2.75, 3.05) is 13.1 Å². The van der Waals surface area contributed by atoms with Gasteiger partial charge in [-0.05, 0) is 56.2 Å². The lowest BCUT2D eigenvalue weighted by atomic mass is 9.79. The summed E-state index contributed by atoms with van der Waals surface area (Å²) < 4.78 is 0. The van der Waals surface area contributed by atoms with E-state index < -0.39 is 0 Å². The molecule has 0 spiro atoms. The summed E-state index contributed by atoms with van der Waals surface area (Å²) in [6.45, 7) is 2.47. The molecule has 1 N–H and O–H groups in total. The van der Waals surface area contributed by atoms with Crippen LogP contribution in [0.4, 0.5) is 0 Å². The van der Waals surface area contributed by atoms with Gasteiger partial charge < -0.3 is 10.2 Å². The molecule has 2 fully saturated rings. The molecule has 0 bridgehead atoms. The molecule has 26 heavy (non-hydrogen) atoms. The predicted molar refractivity (Wildman–Crippen MR) is 107 cm³/mol. The second kappa shape index (κ2) is 9.03. The molecule has 3 nitrogen and oxygen atoms in total. The molecule has 4 rings (SSSR count). The summed E-state index contributed by atoms with van der Waals surface area (Å²) in [4.78, 5) is 5.81. The minimum absolute atomic E-state index is 0.140. The van der Waals surface area contributed by atoms with Crippen LogP contribution in [0.2, 0.25) is 0 Å². The highest BCUT2D eigenvalue weighted by atomic mass is 16.6. The molecule has 2 aliphatic heterocycles. The van der Waals surface area contributed by atoms with Gasteiger partial charge in [0.15, 0.2) is 6.10 Å². The summed E-state index contributed by atoms with van der Waals surface area (Å²) in [6, 6.07) is 10.6. The SMILES string of the molecule is c1ccc(C2CC(C3CCCCC(C4CCNCC4)CCC3)=NO2)cc1. The predicted octanol–water partition coefficient (Wildman–Crippen LogP) is 5.48. The minimum atomic E-state index is 0.140. The highest BCUT2D eigenvalue weighted by molar-refractivity contribution is 5.87. The number of benzene rings is 1. The summed E-state index contributed by atoms with van der Waals surface area (Å²) in [5.74, 6) is 2.59. The Kier molecular flexibility index (Phi) is 6.27. The Morgan fingerprint density at radius 2 is 1.50 bits per heavy atom. The Labute approximate surface area is 158 Å². The lowest BCUT2D eigenvalue weighted by Gasteiger charge is -2.30. The first-order valence-corrected chi connectivity index (χ1v) is 10.9. The van der Waals surface area contributed by atoms with E-state index in [0.717, 1.165) is 18.3 Å². The Morgan fingerprint density at radius 1 is 0.808 bits per heavy atom. The number of rotatable bonds is 3. The first kappa shape index (κ1) is 18.0. The molecule has 1 aromatic carbocycles. The van der Waals surface area contributed by atoms with Crippen LogP contribution in [-0.4, -0.2) is 18.8 Å². The van der Waals surface area contributed by atoms with Crippen LogP contribution in [0.1, 0.15) is 75.9 Å². The van der Waals surface area contributed by atoms with E-state index in [4.69, 9.17) is 4.84 Å². The summed E-state index contributed by atoms with van der Waals surface area (Å²) >= 11 is 0. The molecule has 0 radical (unpaired) electrons. The summed E-state index contributed by atoms with van der Waals surface area (Å²) in [7, 11) is 0. The molecule has 3 aliphatic rings. The maximum Gasteiger partial charge on any atom is 0.157 e. The zero-order valence-corrected chi connectivity index (χ0v) is 16.0. The van der Waals surface area contributed by atoms with E-state index >= 15 is 0 Å². The van der Waals surface area contributed by atoms with Crippen molar-refractivity contribution in [3.63, 3.8) is 0 Å². The van der Waals surface area contributed by atoms with Gasteiger partial charge in [-0.2, -0.15) is 0 Å². The van der Waals surface area contributed by atoms with Crippen molar-refractivity contribution >= 4 is 5.71 Å². The van der Waals surface area contributed by atoms with Crippen molar-refractivity contribution < 1.29 is 4.84 Å². The average molecular weight is 355 g/mol. The second-order valence-electron chi connectivity index (χ2n) is 8.55. The van der Waals surface area contributed by atoms with Gasteiger partial charge in [-0.25, -0.2) is 0 Å². The third-order valence-corrected chi connectivity index (χ3v) is 6.89. The van der Waals surface area contributed by atoms with Crippen LogP contribution in [-0.2, 0) is 4.84 Å². The molecule has 3 unspecified atom stereocenters. The zero-order valence-electron chi connectivity index (χ0n) is 16.0. The number of hydrogen-bond acceptors (Lipinski definition) is 3. The van der Waals surface area contributed by atoms with E-state index in [1.54, 1.807) is 0 Å². The fourth-order valence-electron chi connectivity index (χ4n) is 5.32. The minimum Gasteiger partial charge on any atom is -0.387 e. The fraction of sp³-hybridized carbons (Fsp3) is 0.696. The normalized spacial score (nSPS) is 31.4. The number of nitrogens with zero attached hydrogens (tertiary/aromatic N) is 1.